The molecule has 32 heavy (non-hydrogen) atoms. The Morgan fingerprint density at radius 1 is 1.19 bits per heavy atom. The second-order valence-electron chi connectivity index (χ2n) is 9.12. The third-order valence-electron chi connectivity index (χ3n) is 5.96. The second-order valence-corrected chi connectivity index (χ2v) is 10.5. The molecule has 0 saturated heterocycles. The van der Waals surface area contributed by atoms with Crippen LogP contribution in [0, 0.1) is 11.3 Å². The number of fused-ring (bicyclic) bond motifs is 2. The van der Waals surface area contributed by atoms with Crippen molar-refractivity contribution < 1.29 is 9.90 Å². The summed E-state index contributed by atoms with van der Waals surface area (Å²) in [5.41, 5.74) is 2.54. The predicted octanol–water partition coefficient (Wildman–Crippen LogP) is 5.61. The number of Topliss-reactive ketones (excluding diaryl/α,β-unsaturated/α-hetero) is 1. The van der Waals surface area contributed by atoms with Crippen molar-refractivity contribution in [2.24, 2.45) is 16.3 Å². The zero-order chi connectivity index (χ0) is 22.5. The quantitative estimate of drug-likeness (QED) is 0.505. The van der Waals surface area contributed by atoms with Crippen LogP contribution in [-0.2, 0) is 10.5 Å². The lowest BCUT2D eigenvalue weighted by atomic mass is 9.67. The lowest BCUT2D eigenvalue weighted by Gasteiger charge is -2.40. The molecule has 2 atom stereocenters. The lowest BCUT2D eigenvalue weighted by molar-refractivity contribution is -0.124. The SMILES string of the molecule is CC1(C)CC(=O)C2C(=Nc3nc(SCc4ccccc4Cl)nn3C2c2cccc(O)c2)C1. The Kier molecular flexibility index (Phi) is 5.34. The number of hydrogen-bond donors (Lipinski definition) is 1. The summed E-state index contributed by atoms with van der Waals surface area (Å²) in [5, 5.41) is 16.1. The number of aromatic nitrogens is 3. The van der Waals surface area contributed by atoms with Crippen LogP contribution in [-0.4, -0.2) is 31.4 Å². The van der Waals surface area contributed by atoms with Gasteiger partial charge in [-0.05, 0) is 41.2 Å². The maximum atomic E-state index is 13.3. The number of aromatic hydroxyl groups is 1. The number of nitrogens with zero attached hydrogens (tertiary/aromatic N) is 4. The molecule has 164 valence electrons. The highest BCUT2D eigenvalue weighted by molar-refractivity contribution is 7.98. The fourth-order valence-corrected chi connectivity index (χ4v) is 5.70. The summed E-state index contributed by atoms with van der Waals surface area (Å²) in [7, 11) is 0. The minimum atomic E-state index is -0.402. The van der Waals surface area contributed by atoms with Gasteiger partial charge in [0.25, 0.3) is 0 Å². The number of halogens is 1. The Hall–Kier alpha value is -2.64. The van der Waals surface area contributed by atoms with Crippen molar-refractivity contribution in [3.8, 4) is 5.75 Å². The van der Waals surface area contributed by atoms with Crippen molar-refractivity contribution >= 4 is 40.8 Å². The average molecular weight is 467 g/mol. The van der Waals surface area contributed by atoms with Crippen LogP contribution < -0.4 is 0 Å². The topological polar surface area (TPSA) is 80.4 Å². The number of hydrogen-bond acceptors (Lipinski definition) is 6. The Morgan fingerprint density at radius 2 is 2.00 bits per heavy atom. The first-order chi connectivity index (χ1) is 15.3. The van der Waals surface area contributed by atoms with E-state index in [1.54, 1.807) is 22.9 Å². The third kappa shape index (κ3) is 3.95. The van der Waals surface area contributed by atoms with Gasteiger partial charge >= 0.3 is 0 Å². The maximum Gasteiger partial charge on any atom is 0.249 e. The van der Waals surface area contributed by atoms with Gasteiger partial charge in [-0.3, -0.25) is 4.79 Å². The Labute approximate surface area is 195 Å². The van der Waals surface area contributed by atoms with Gasteiger partial charge in [0, 0.05) is 22.9 Å². The molecular formula is C24H23ClN4O2S. The predicted molar refractivity (Wildman–Crippen MR) is 126 cm³/mol. The summed E-state index contributed by atoms with van der Waals surface area (Å²) in [6.45, 7) is 4.19. The Bertz CT molecular complexity index is 1240. The Morgan fingerprint density at radius 3 is 2.78 bits per heavy atom. The number of rotatable bonds is 4. The molecule has 2 aromatic carbocycles. The first kappa shape index (κ1) is 21.2. The summed E-state index contributed by atoms with van der Waals surface area (Å²) >= 11 is 7.78. The van der Waals surface area contributed by atoms with Gasteiger partial charge in [-0.1, -0.05) is 67.5 Å². The minimum Gasteiger partial charge on any atom is -0.508 e. The van der Waals surface area contributed by atoms with Gasteiger partial charge in [-0.15, -0.1) is 5.10 Å². The first-order valence-corrected chi connectivity index (χ1v) is 11.9. The van der Waals surface area contributed by atoms with Crippen LogP contribution >= 0.6 is 23.4 Å². The largest absolute Gasteiger partial charge is 0.508 e. The normalized spacial score (nSPS) is 21.6. The van der Waals surface area contributed by atoms with Gasteiger partial charge in [-0.2, -0.15) is 4.98 Å². The molecular weight excluding hydrogens is 444 g/mol. The molecule has 5 rings (SSSR count). The number of aliphatic imine (C=N–C) groups is 1. The fourth-order valence-electron chi connectivity index (χ4n) is 4.59. The van der Waals surface area contributed by atoms with E-state index in [0.717, 1.165) is 23.3 Å². The maximum absolute atomic E-state index is 13.3. The van der Waals surface area contributed by atoms with Crippen molar-refractivity contribution in [3.05, 3.63) is 64.7 Å². The first-order valence-electron chi connectivity index (χ1n) is 10.5. The smallest absolute Gasteiger partial charge is 0.249 e. The van der Waals surface area contributed by atoms with Gasteiger partial charge < -0.3 is 5.11 Å². The highest BCUT2D eigenvalue weighted by Crippen LogP contribution is 2.45. The van der Waals surface area contributed by atoms with Gasteiger partial charge in [0.2, 0.25) is 11.1 Å². The summed E-state index contributed by atoms with van der Waals surface area (Å²) in [6, 6.07) is 14.4. The summed E-state index contributed by atoms with van der Waals surface area (Å²) in [6.07, 6.45) is 1.22. The molecule has 1 aliphatic heterocycles. The van der Waals surface area contributed by atoms with Crippen molar-refractivity contribution in [1.29, 1.82) is 0 Å². The van der Waals surface area contributed by atoms with Crippen molar-refractivity contribution in [1.82, 2.24) is 14.8 Å². The van der Waals surface area contributed by atoms with Crippen molar-refractivity contribution in [2.45, 2.75) is 43.6 Å². The minimum absolute atomic E-state index is 0.139. The monoisotopic (exact) mass is 466 g/mol. The van der Waals surface area contributed by atoms with Crippen LogP contribution in [0.5, 0.6) is 5.75 Å². The van der Waals surface area contributed by atoms with Crippen LogP contribution in [0.4, 0.5) is 5.95 Å². The van der Waals surface area contributed by atoms with E-state index in [4.69, 9.17) is 21.7 Å². The molecule has 3 aromatic rings. The third-order valence-corrected chi connectivity index (χ3v) is 7.22. The number of carbonyl (C=O) groups excluding carboxylic acids is 1. The summed E-state index contributed by atoms with van der Waals surface area (Å²) in [5.74, 6) is 1.04. The van der Waals surface area contributed by atoms with Crippen molar-refractivity contribution in [2.75, 3.05) is 0 Å². The number of phenolic OH excluding ortho intramolecular Hbond substituents is 1. The molecule has 2 unspecified atom stereocenters. The number of ketones is 1. The molecule has 8 heteroatoms. The fraction of sp³-hybridized carbons (Fsp3) is 0.333. The molecule has 0 spiro atoms. The van der Waals surface area contributed by atoms with E-state index in [1.807, 2.05) is 30.3 Å². The van der Waals surface area contributed by atoms with Crippen LogP contribution in [0.3, 0.4) is 0 Å². The van der Waals surface area contributed by atoms with Crippen LogP contribution in [0.15, 0.2) is 58.7 Å². The van der Waals surface area contributed by atoms with Crippen LogP contribution in [0.25, 0.3) is 0 Å². The van der Waals surface area contributed by atoms with Gasteiger partial charge in [-0.25, -0.2) is 9.67 Å². The second kappa shape index (κ2) is 8.05. The Balaban J connectivity index is 1.55. The number of thioether (sulfide) groups is 1. The van der Waals surface area contributed by atoms with E-state index < -0.39 is 5.92 Å². The van der Waals surface area contributed by atoms with E-state index in [1.165, 1.54) is 11.8 Å². The number of carbonyl (C=O) groups is 1. The molecule has 0 bridgehead atoms. The number of benzene rings is 2. The molecule has 0 amide bonds. The molecule has 2 aliphatic rings. The summed E-state index contributed by atoms with van der Waals surface area (Å²) in [4.78, 5) is 22.7. The van der Waals surface area contributed by atoms with E-state index >= 15 is 0 Å². The zero-order valence-corrected chi connectivity index (χ0v) is 19.4. The van der Waals surface area contributed by atoms with E-state index in [9.17, 15) is 9.90 Å². The standard InChI is InChI=1S/C24H23ClN4O2S/c1-24(2)11-18-20(19(31)12-24)21(14-7-5-8-16(30)10-14)29-22(26-18)27-23(28-29)32-13-15-6-3-4-9-17(15)25/h3-10,20-21,30H,11-13H2,1-2H3. The zero-order valence-electron chi connectivity index (χ0n) is 17.8. The summed E-state index contributed by atoms with van der Waals surface area (Å²) < 4.78 is 1.74. The molecule has 1 aliphatic carbocycles. The van der Waals surface area contributed by atoms with Gasteiger partial charge in [0.15, 0.2) is 0 Å². The molecule has 2 heterocycles. The molecule has 6 nitrogen and oxygen atoms in total. The molecule has 1 fully saturated rings. The van der Waals surface area contributed by atoms with E-state index in [-0.39, 0.29) is 23.0 Å². The van der Waals surface area contributed by atoms with Gasteiger partial charge in [0.1, 0.15) is 11.5 Å². The number of phenols is 1. The van der Waals surface area contributed by atoms with Crippen molar-refractivity contribution in [3.63, 3.8) is 0 Å². The van der Waals surface area contributed by atoms with E-state index in [0.29, 0.717) is 28.3 Å². The molecule has 1 aromatic heterocycles. The average Bonchev–Trinajstić information content (AvgIpc) is 3.13. The highest BCUT2D eigenvalue weighted by Gasteiger charge is 2.46. The molecule has 0 radical (unpaired) electrons. The van der Waals surface area contributed by atoms with Gasteiger partial charge in [0.05, 0.1) is 12.0 Å². The lowest BCUT2D eigenvalue weighted by Crippen LogP contribution is -2.44. The van der Waals surface area contributed by atoms with Crippen LogP contribution in [0.2, 0.25) is 5.02 Å². The molecule has 1 saturated carbocycles. The molecule has 1 N–H and O–H groups in total. The van der Waals surface area contributed by atoms with E-state index in [2.05, 4.69) is 18.8 Å². The highest BCUT2D eigenvalue weighted by atomic mass is 35.5. The van der Waals surface area contributed by atoms with Crippen LogP contribution in [0.1, 0.15) is 43.9 Å².